The molecule has 2 fully saturated rings. The van der Waals surface area contributed by atoms with Crippen molar-refractivity contribution in [3.8, 4) is 11.3 Å². The lowest BCUT2D eigenvalue weighted by atomic mass is 10.1. The van der Waals surface area contributed by atoms with Gasteiger partial charge in [-0.1, -0.05) is 12.1 Å². The molecule has 4 heterocycles. The molecule has 1 aromatic carbocycles. The molecule has 0 unspecified atom stereocenters. The predicted octanol–water partition coefficient (Wildman–Crippen LogP) is 2.05. The minimum atomic E-state index is -0.0304. The number of imidazole rings is 1. The van der Waals surface area contributed by atoms with Gasteiger partial charge in [-0.15, -0.1) is 0 Å². The van der Waals surface area contributed by atoms with Gasteiger partial charge < -0.3 is 14.6 Å². The number of benzene rings is 1. The van der Waals surface area contributed by atoms with Gasteiger partial charge in [-0.2, -0.15) is 0 Å². The fourth-order valence-electron chi connectivity index (χ4n) is 4.04. The van der Waals surface area contributed by atoms with Gasteiger partial charge in [-0.25, -0.2) is 9.97 Å². The van der Waals surface area contributed by atoms with Crippen LogP contribution < -0.4 is 5.32 Å². The summed E-state index contributed by atoms with van der Waals surface area (Å²) in [4.78, 5) is 23.2. The number of aromatic nitrogens is 3. The first-order valence-corrected chi connectivity index (χ1v) is 9.18. The minimum absolute atomic E-state index is 0.0304. The maximum absolute atomic E-state index is 12.4. The summed E-state index contributed by atoms with van der Waals surface area (Å²) >= 11 is 0. The average molecular weight is 363 g/mol. The Balaban J connectivity index is 1.34. The molecular weight excluding hydrogens is 342 g/mol. The van der Waals surface area contributed by atoms with Crippen LogP contribution in [0.3, 0.4) is 0 Å². The number of morpholine rings is 1. The number of anilines is 1. The van der Waals surface area contributed by atoms with Crippen molar-refractivity contribution in [1.82, 2.24) is 19.4 Å². The fourth-order valence-corrected chi connectivity index (χ4v) is 4.04. The second-order valence-corrected chi connectivity index (χ2v) is 7.34. The Hall–Kier alpha value is -2.77. The highest BCUT2D eigenvalue weighted by molar-refractivity contribution is 5.94. The van der Waals surface area contributed by atoms with Gasteiger partial charge in [0.15, 0.2) is 0 Å². The third-order valence-corrected chi connectivity index (χ3v) is 5.46. The molecule has 7 nitrogen and oxygen atoms in total. The van der Waals surface area contributed by atoms with Crippen molar-refractivity contribution in [1.29, 1.82) is 0 Å². The third-order valence-electron chi connectivity index (χ3n) is 5.46. The Morgan fingerprint density at radius 2 is 2.22 bits per heavy atom. The lowest BCUT2D eigenvalue weighted by molar-refractivity contribution is -0.118. The average Bonchev–Trinajstić information content (AvgIpc) is 3.38. The quantitative estimate of drug-likeness (QED) is 0.768. The van der Waals surface area contributed by atoms with E-state index in [0.29, 0.717) is 24.5 Å². The first-order valence-electron chi connectivity index (χ1n) is 9.18. The van der Waals surface area contributed by atoms with Gasteiger partial charge in [0.1, 0.15) is 5.82 Å². The smallest absolute Gasteiger partial charge is 0.239 e. The minimum Gasteiger partial charge on any atom is -0.375 e. The van der Waals surface area contributed by atoms with Crippen molar-refractivity contribution in [3.05, 3.63) is 43.0 Å². The second kappa shape index (κ2) is 6.44. The molecule has 2 aromatic heterocycles. The van der Waals surface area contributed by atoms with Crippen molar-refractivity contribution in [2.75, 3.05) is 25.0 Å². The van der Waals surface area contributed by atoms with Gasteiger partial charge in [-0.05, 0) is 23.9 Å². The molecule has 0 saturated carbocycles. The van der Waals surface area contributed by atoms with Gasteiger partial charge in [0.05, 0.1) is 37.5 Å². The standard InChI is InChI=1S/C20H21N5O2/c1-24-12-21-8-18(24)13-2-3-14-7-22-19(5-15(14)4-13)23-20(26)10-25-9-17-6-16(25)11-27-17/h2-5,7-8,12,16-17H,6,9-11H2,1H3,(H,22,23,26)/t16-,17-/m1/s1. The van der Waals surface area contributed by atoms with E-state index in [1.165, 1.54) is 0 Å². The molecule has 0 spiro atoms. The maximum atomic E-state index is 12.4. The Morgan fingerprint density at radius 3 is 2.96 bits per heavy atom. The highest BCUT2D eigenvalue weighted by Crippen LogP contribution is 2.28. The van der Waals surface area contributed by atoms with Crippen LogP contribution in [-0.2, 0) is 16.6 Å². The Bertz CT molecular complexity index is 1010. The molecule has 2 aliphatic rings. The lowest BCUT2D eigenvalue weighted by Crippen LogP contribution is -2.41. The van der Waals surface area contributed by atoms with Gasteiger partial charge in [0.25, 0.3) is 0 Å². The van der Waals surface area contributed by atoms with Crippen LogP contribution in [0.1, 0.15) is 6.42 Å². The van der Waals surface area contributed by atoms with Crippen LogP contribution in [0.25, 0.3) is 22.0 Å². The zero-order chi connectivity index (χ0) is 18.4. The Kier molecular flexibility index (Phi) is 3.91. The molecule has 7 heteroatoms. The molecule has 0 radical (unpaired) electrons. The van der Waals surface area contributed by atoms with Crippen molar-refractivity contribution in [2.24, 2.45) is 7.05 Å². The summed E-state index contributed by atoms with van der Waals surface area (Å²) in [5, 5.41) is 5.01. The van der Waals surface area contributed by atoms with Crippen LogP contribution in [0.2, 0.25) is 0 Å². The normalized spacial score (nSPS) is 21.8. The molecule has 3 aromatic rings. The van der Waals surface area contributed by atoms with Crippen LogP contribution in [0.15, 0.2) is 43.0 Å². The SMILES string of the molecule is Cn1cncc1-c1ccc2cnc(NC(=O)CN3C[C@H]4C[C@@H]3CO4)cc2c1. The van der Waals surface area contributed by atoms with Crippen LogP contribution in [0.5, 0.6) is 0 Å². The molecule has 5 rings (SSSR count). The number of hydrogen-bond acceptors (Lipinski definition) is 5. The summed E-state index contributed by atoms with van der Waals surface area (Å²) in [6.45, 7) is 1.97. The second-order valence-electron chi connectivity index (χ2n) is 7.34. The first kappa shape index (κ1) is 16.4. The third kappa shape index (κ3) is 3.09. The molecule has 27 heavy (non-hydrogen) atoms. The number of rotatable bonds is 4. The van der Waals surface area contributed by atoms with Crippen molar-refractivity contribution in [2.45, 2.75) is 18.6 Å². The van der Waals surface area contributed by atoms with E-state index < -0.39 is 0 Å². The van der Waals surface area contributed by atoms with Gasteiger partial charge in [0, 0.05) is 36.8 Å². The van der Waals surface area contributed by atoms with E-state index in [4.69, 9.17) is 4.74 Å². The Morgan fingerprint density at radius 1 is 1.30 bits per heavy atom. The summed E-state index contributed by atoms with van der Waals surface area (Å²) in [5.74, 6) is 0.549. The molecule has 2 bridgehead atoms. The number of nitrogens with one attached hydrogen (secondary N) is 1. The van der Waals surface area contributed by atoms with E-state index in [-0.39, 0.29) is 5.91 Å². The number of ether oxygens (including phenoxy) is 1. The van der Waals surface area contributed by atoms with Crippen LogP contribution in [0.4, 0.5) is 5.82 Å². The van der Waals surface area contributed by atoms with Gasteiger partial charge in [-0.3, -0.25) is 9.69 Å². The molecule has 2 saturated heterocycles. The summed E-state index contributed by atoms with van der Waals surface area (Å²) in [5.41, 5.74) is 2.13. The zero-order valence-electron chi connectivity index (χ0n) is 15.1. The molecule has 1 N–H and O–H groups in total. The maximum Gasteiger partial charge on any atom is 0.239 e. The summed E-state index contributed by atoms with van der Waals surface area (Å²) < 4.78 is 7.57. The number of hydrogen-bond donors (Lipinski definition) is 1. The predicted molar refractivity (Wildman–Crippen MR) is 102 cm³/mol. The number of carbonyl (C=O) groups excluding carboxylic acids is 1. The fraction of sp³-hybridized carbons (Fsp3) is 0.350. The van der Waals surface area contributed by atoms with Gasteiger partial charge >= 0.3 is 0 Å². The topological polar surface area (TPSA) is 72.3 Å². The van der Waals surface area contributed by atoms with Crippen molar-refractivity contribution >= 4 is 22.5 Å². The van der Waals surface area contributed by atoms with E-state index in [1.807, 2.05) is 29.9 Å². The van der Waals surface area contributed by atoms with Crippen LogP contribution in [0, 0.1) is 0 Å². The van der Waals surface area contributed by atoms with Crippen molar-refractivity contribution in [3.63, 3.8) is 0 Å². The van der Waals surface area contributed by atoms with E-state index >= 15 is 0 Å². The van der Waals surface area contributed by atoms with Crippen LogP contribution in [-0.4, -0.2) is 57.2 Å². The zero-order valence-corrected chi connectivity index (χ0v) is 15.1. The monoisotopic (exact) mass is 363 g/mol. The number of aryl methyl sites for hydroxylation is 1. The van der Waals surface area contributed by atoms with Gasteiger partial charge in [0.2, 0.25) is 5.91 Å². The van der Waals surface area contributed by atoms with Crippen molar-refractivity contribution < 1.29 is 9.53 Å². The molecular formula is C20H21N5O2. The number of pyridine rings is 1. The number of nitrogens with zero attached hydrogens (tertiary/aromatic N) is 4. The summed E-state index contributed by atoms with van der Waals surface area (Å²) in [6, 6.07) is 8.50. The number of amides is 1. The first-order chi connectivity index (χ1) is 13.2. The number of likely N-dealkylation sites (tertiary alicyclic amines) is 1. The van der Waals surface area contributed by atoms with E-state index in [2.05, 4.69) is 32.3 Å². The molecule has 2 atom stereocenters. The number of fused-ring (bicyclic) bond motifs is 3. The molecule has 1 amide bonds. The molecule has 138 valence electrons. The Labute approximate surface area is 157 Å². The summed E-state index contributed by atoms with van der Waals surface area (Å²) in [7, 11) is 1.97. The molecule has 0 aliphatic carbocycles. The van der Waals surface area contributed by atoms with Crippen LogP contribution >= 0.6 is 0 Å². The molecule has 2 aliphatic heterocycles. The highest BCUT2D eigenvalue weighted by Gasteiger charge is 2.39. The van der Waals surface area contributed by atoms with E-state index in [9.17, 15) is 4.79 Å². The van der Waals surface area contributed by atoms with E-state index in [0.717, 1.165) is 41.6 Å². The summed E-state index contributed by atoms with van der Waals surface area (Å²) in [6.07, 6.45) is 6.76. The number of carbonyl (C=O) groups is 1. The largest absolute Gasteiger partial charge is 0.375 e. The highest BCUT2D eigenvalue weighted by atomic mass is 16.5. The lowest BCUT2D eigenvalue weighted by Gasteiger charge is -2.25. The van der Waals surface area contributed by atoms with E-state index in [1.54, 1.807) is 12.5 Å².